The molecule has 0 aliphatic heterocycles. The maximum absolute atomic E-state index is 5.42. The van der Waals surface area contributed by atoms with Gasteiger partial charge in [-0.05, 0) is 6.08 Å². The average Bonchev–Trinajstić information content (AvgIpc) is 1.85. The van der Waals surface area contributed by atoms with Gasteiger partial charge in [-0.1, -0.05) is 6.08 Å². The molecule has 0 spiro atoms. The molecule has 0 aromatic heterocycles. The van der Waals surface area contributed by atoms with Crippen LogP contribution in [0.1, 0.15) is 6.42 Å². The van der Waals surface area contributed by atoms with Gasteiger partial charge in [-0.3, -0.25) is 0 Å². The van der Waals surface area contributed by atoms with Crippen molar-refractivity contribution in [3.63, 3.8) is 0 Å². The van der Waals surface area contributed by atoms with E-state index < -0.39 is 0 Å². The number of nitrogens with two attached hydrogens (primary N) is 2. The predicted molar refractivity (Wildman–Crippen MR) is 37.2 cm³/mol. The average molecular weight is 128 g/mol. The summed E-state index contributed by atoms with van der Waals surface area (Å²) >= 11 is 0. The molecule has 9 heavy (non-hydrogen) atoms. The Morgan fingerprint density at radius 2 is 2.33 bits per heavy atom. The fourth-order valence-electron chi connectivity index (χ4n) is 0.405. The van der Waals surface area contributed by atoms with Gasteiger partial charge in [0.2, 0.25) is 0 Å². The second kappa shape index (κ2) is 5.34. The normalized spacial score (nSPS) is 11.4. The second-order valence-corrected chi connectivity index (χ2v) is 1.61. The highest BCUT2D eigenvalue weighted by atomic mass is 16.6. The van der Waals surface area contributed by atoms with Crippen LogP contribution in [0.25, 0.3) is 0 Å². The molecule has 4 N–H and O–H groups in total. The van der Waals surface area contributed by atoms with Crippen molar-refractivity contribution in [3.05, 3.63) is 24.4 Å². The van der Waals surface area contributed by atoms with Gasteiger partial charge >= 0.3 is 0 Å². The van der Waals surface area contributed by atoms with E-state index in [1.807, 2.05) is 0 Å². The Balaban J connectivity index is 3.42. The minimum Gasteiger partial charge on any atom is -0.402 e. The summed E-state index contributed by atoms with van der Waals surface area (Å²) in [7, 11) is 0. The number of hydrogen-bond donors (Lipinski definition) is 2. The van der Waals surface area contributed by atoms with Crippen LogP contribution in [0.5, 0.6) is 0 Å². The molecule has 52 valence electrons. The quantitative estimate of drug-likeness (QED) is 0.422. The zero-order valence-corrected chi connectivity index (χ0v) is 5.34. The molecule has 3 nitrogen and oxygen atoms in total. The smallest absolute Gasteiger partial charge is 0.0880 e. The van der Waals surface area contributed by atoms with Crippen molar-refractivity contribution in [1.82, 2.24) is 0 Å². The maximum Gasteiger partial charge on any atom is 0.0880 e. The summed E-state index contributed by atoms with van der Waals surface area (Å²) < 4.78 is 0. The molecular weight excluding hydrogens is 116 g/mol. The molecule has 0 aliphatic carbocycles. The first kappa shape index (κ1) is 8.20. The Labute approximate surface area is 54.9 Å². The Kier molecular flexibility index (Phi) is 4.86. The van der Waals surface area contributed by atoms with E-state index in [-0.39, 0.29) is 0 Å². The lowest BCUT2D eigenvalue weighted by atomic mass is 10.3. The Morgan fingerprint density at radius 1 is 1.67 bits per heavy atom. The molecule has 0 radical (unpaired) electrons. The van der Waals surface area contributed by atoms with Gasteiger partial charge in [0, 0.05) is 12.1 Å². The SMILES string of the molecule is C=CCC(N)=CCON. The first-order valence-electron chi connectivity index (χ1n) is 2.68. The van der Waals surface area contributed by atoms with E-state index in [4.69, 9.17) is 11.6 Å². The Bertz CT molecular complexity index is 110. The van der Waals surface area contributed by atoms with Gasteiger partial charge in [-0.25, -0.2) is 5.90 Å². The summed E-state index contributed by atoms with van der Waals surface area (Å²) in [6, 6.07) is 0. The first-order valence-corrected chi connectivity index (χ1v) is 2.68. The van der Waals surface area contributed by atoms with E-state index in [0.717, 1.165) is 5.70 Å². The van der Waals surface area contributed by atoms with Crippen molar-refractivity contribution in [2.45, 2.75) is 6.42 Å². The standard InChI is InChI=1S/C6H12N2O/c1-2-3-6(7)4-5-9-8/h2,4H,1,3,5,7-8H2. The highest BCUT2D eigenvalue weighted by Gasteiger charge is 1.82. The van der Waals surface area contributed by atoms with Crippen LogP contribution in [-0.2, 0) is 4.84 Å². The molecule has 0 bridgehead atoms. The lowest BCUT2D eigenvalue weighted by Crippen LogP contribution is -2.02. The van der Waals surface area contributed by atoms with E-state index in [2.05, 4.69) is 11.4 Å². The molecule has 0 saturated heterocycles. The third kappa shape index (κ3) is 5.06. The lowest BCUT2D eigenvalue weighted by Gasteiger charge is -1.93. The summed E-state index contributed by atoms with van der Waals surface area (Å²) in [5.74, 6) is 4.75. The number of allylic oxidation sites excluding steroid dienone is 1. The topological polar surface area (TPSA) is 61.3 Å². The van der Waals surface area contributed by atoms with E-state index in [9.17, 15) is 0 Å². The summed E-state index contributed by atoms with van der Waals surface area (Å²) in [5.41, 5.74) is 6.16. The molecule has 0 aromatic carbocycles. The van der Waals surface area contributed by atoms with Gasteiger partial charge in [-0.2, -0.15) is 0 Å². The molecule has 0 rings (SSSR count). The van der Waals surface area contributed by atoms with Crippen LogP contribution >= 0.6 is 0 Å². The van der Waals surface area contributed by atoms with Gasteiger partial charge in [0.1, 0.15) is 0 Å². The minimum atomic E-state index is 0.361. The highest BCUT2D eigenvalue weighted by Crippen LogP contribution is 1.90. The fraction of sp³-hybridized carbons (Fsp3) is 0.333. The first-order chi connectivity index (χ1) is 4.31. The fourth-order valence-corrected chi connectivity index (χ4v) is 0.405. The molecule has 0 unspecified atom stereocenters. The van der Waals surface area contributed by atoms with Crippen molar-refractivity contribution in [1.29, 1.82) is 0 Å². The van der Waals surface area contributed by atoms with Gasteiger partial charge in [-0.15, -0.1) is 6.58 Å². The van der Waals surface area contributed by atoms with E-state index in [0.29, 0.717) is 13.0 Å². The van der Waals surface area contributed by atoms with Gasteiger partial charge in [0.15, 0.2) is 0 Å². The maximum atomic E-state index is 5.42. The molecule has 0 aliphatic rings. The van der Waals surface area contributed by atoms with Crippen molar-refractivity contribution in [2.75, 3.05) is 6.61 Å². The lowest BCUT2D eigenvalue weighted by molar-refractivity contribution is 0.167. The van der Waals surface area contributed by atoms with Crippen LogP contribution in [0, 0.1) is 0 Å². The van der Waals surface area contributed by atoms with Crippen molar-refractivity contribution in [3.8, 4) is 0 Å². The summed E-state index contributed by atoms with van der Waals surface area (Å²) in [5, 5.41) is 0. The van der Waals surface area contributed by atoms with Crippen molar-refractivity contribution >= 4 is 0 Å². The molecule has 3 heteroatoms. The monoisotopic (exact) mass is 128 g/mol. The van der Waals surface area contributed by atoms with Crippen molar-refractivity contribution in [2.24, 2.45) is 11.6 Å². The molecule has 0 aromatic rings. The Morgan fingerprint density at radius 3 is 2.78 bits per heavy atom. The zero-order chi connectivity index (χ0) is 7.11. The van der Waals surface area contributed by atoms with Crippen LogP contribution in [0.4, 0.5) is 0 Å². The van der Waals surface area contributed by atoms with Crippen LogP contribution in [-0.4, -0.2) is 6.61 Å². The summed E-state index contributed by atoms with van der Waals surface area (Å²) in [6.07, 6.45) is 4.12. The van der Waals surface area contributed by atoms with Gasteiger partial charge < -0.3 is 10.6 Å². The van der Waals surface area contributed by atoms with E-state index in [1.54, 1.807) is 12.2 Å². The van der Waals surface area contributed by atoms with E-state index >= 15 is 0 Å². The van der Waals surface area contributed by atoms with Crippen LogP contribution in [0.2, 0.25) is 0 Å². The highest BCUT2D eigenvalue weighted by molar-refractivity contribution is 5.00. The van der Waals surface area contributed by atoms with Crippen LogP contribution in [0.3, 0.4) is 0 Å². The number of rotatable bonds is 4. The van der Waals surface area contributed by atoms with Gasteiger partial charge in [0.05, 0.1) is 6.61 Å². The summed E-state index contributed by atoms with van der Waals surface area (Å²) in [4.78, 5) is 4.27. The van der Waals surface area contributed by atoms with Crippen LogP contribution in [0.15, 0.2) is 24.4 Å². The molecule has 0 saturated carbocycles. The van der Waals surface area contributed by atoms with Crippen molar-refractivity contribution < 1.29 is 4.84 Å². The molecule has 0 fully saturated rings. The Hall–Kier alpha value is -0.800. The third-order valence-electron chi connectivity index (χ3n) is 0.822. The third-order valence-corrected chi connectivity index (χ3v) is 0.822. The predicted octanol–water partition coefficient (Wildman–Crippen LogP) is 0.295. The van der Waals surface area contributed by atoms with E-state index in [1.165, 1.54) is 0 Å². The minimum absolute atomic E-state index is 0.361. The zero-order valence-electron chi connectivity index (χ0n) is 5.34. The second-order valence-electron chi connectivity index (χ2n) is 1.61. The molecular formula is C6H12N2O. The summed E-state index contributed by atoms with van der Waals surface area (Å²) in [6.45, 7) is 3.88. The van der Waals surface area contributed by atoms with Gasteiger partial charge in [0.25, 0.3) is 0 Å². The number of hydrogen-bond acceptors (Lipinski definition) is 3. The largest absolute Gasteiger partial charge is 0.402 e. The van der Waals surface area contributed by atoms with Crippen LogP contribution < -0.4 is 11.6 Å². The molecule has 0 atom stereocenters. The molecule has 0 heterocycles. The molecule has 0 amide bonds.